The summed E-state index contributed by atoms with van der Waals surface area (Å²) in [7, 11) is -4.11. The fourth-order valence-corrected chi connectivity index (χ4v) is 5.34. The zero-order valence-corrected chi connectivity index (χ0v) is 18.5. The van der Waals surface area contributed by atoms with Crippen molar-refractivity contribution >= 4 is 10.1 Å². The molecule has 0 bridgehead atoms. The van der Waals surface area contributed by atoms with E-state index >= 15 is 0 Å². The second-order valence-corrected chi connectivity index (χ2v) is 9.43. The van der Waals surface area contributed by atoms with Gasteiger partial charge in [-0.3, -0.25) is 0 Å². The van der Waals surface area contributed by atoms with Crippen LogP contribution in [0.4, 0.5) is 0 Å². The SMILES string of the molecule is CC(C)OCc1cc(C2(c3ccc(O)c(CO)c3)OS(=O)(=O)c3ccccc32)ccc1O. The van der Waals surface area contributed by atoms with Gasteiger partial charge in [-0.2, -0.15) is 8.42 Å². The maximum Gasteiger partial charge on any atom is 0.298 e. The normalized spacial score (nSPS) is 19.2. The predicted molar refractivity (Wildman–Crippen MR) is 117 cm³/mol. The summed E-state index contributed by atoms with van der Waals surface area (Å²) in [5.74, 6) is -0.0993. The Bertz CT molecular complexity index is 1270. The average molecular weight is 457 g/mol. The highest BCUT2D eigenvalue weighted by atomic mass is 32.2. The quantitative estimate of drug-likeness (QED) is 0.486. The van der Waals surface area contributed by atoms with E-state index < -0.39 is 22.3 Å². The van der Waals surface area contributed by atoms with Crippen molar-refractivity contribution in [2.24, 2.45) is 0 Å². The molecule has 0 radical (unpaired) electrons. The van der Waals surface area contributed by atoms with Crippen LogP contribution < -0.4 is 0 Å². The number of benzene rings is 3. The number of ether oxygens (including phenoxy) is 1. The number of phenolic OH excluding ortho intramolecular Hbond substituents is 1. The summed E-state index contributed by atoms with van der Waals surface area (Å²) in [6.07, 6.45) is -0.0694. The van der Waals surface area contributed by atoms with E-state index in [1.165, 1.54) is 24.3 Å². The molecule has 1 atom stereocenters. The lowest BCUT2D eigenvalue weighted by atomic mass is 9.79. The third-order valence-electron chi connectivity index (χ3n) is 5.48. The summed E-state index contributed by atoms with van der Waals surface area (Å²) < 4.78 is 37.5. The van der Waals surface area contributed by atoms with Gasteiger partial charge in [-0.25, -0.2) is 4.18 Å². The molecular formula is C24H24O7S. The highest BCUT2D eigenvalue weighted by Crippen LogP contribution is 2.51. The van der Waals surface area contributed by atoms with Crippen molar-refractivity contribution in [2.75, 3.05) is 0 Å². The first kappa shape index (κ1) is 22.3. The third kappa shape index (κ3) is 3.65. The Kier molecular flexibility index (Phi) is 5.72. The van der Waals surface area contributed by atoms with Crippen LogP contribution in [0.2, 0.25) is 0 Å². The summed E-state index contributed by atoms with van der Waals surface area (Å²) >= 11 is 0. The van der Waals surface area contributed by atoms with E-state index in [1.807, 2.05) is 13.8 Å². The maximum atomic E-state index is 13.0. The first-order chi connectivity index (χ1) is 15.2. The molecule has 0 saturated carbocycles. The van der Waals surface area contributed by atoms with Gasteiger partial charge in [0, 0.05) is 16.7 Å². The third-order valence-corrected chi connectivity index (χ3v) is 6.85. The molecule has 8 heteroatoms. The molecule has 168 valence electrons. The molecular weight excluding hydrogens is 432 g/mol. The fourth-order valence-electron chi connectivity index (χ4n) is 3.91. The Morgan fingerprint density at radius 1 is 0.938 bits per heavy atom. The summed E-state index contributed by atoms with van der Waals surface area (Å²) in [5, 5.41) is 30.1. The Labute approximate surface area is 186 Å². The van der Waals surface area contributed by atoms with E-state index in [-0.39, 0.29) is 34.7 Å². The lowest BCUT2D eigenvalue weighted by Crippen LogP contribution is -2.30. The smallest absolute Gasteiger partial charge is 0.298 e. The summed E-state index contributed by atoms with van der Waals surface area (Å²) in [5.41, 5.74) is 0.399. The van der Waals surface area contributed by atoms with Crippen LogP contribution >= 0.6 is 0 Å². The van der Waals surface area contributed by atoms with E-state index in [0.717, 1.165) is 0 Å². The number of rotatable bonds is 6. The van der Waals surface area contributed by atoms with Gasteiger partial charge in [0.2, 0.25) is 0 Å². The highest BCUT2D eigenvalue weighted by Gasteiger charge is 2.51. The number of aromatic hydroxyl groups is 2. The zero-order chi connectivity index (χ0) is 23.1. The Hall–Kier alpha value is -2.91. The van der Waals surface area contributed by atoms with Crippen LogP contribution in [0.3, 0.4) is 0 Å². The second-order valence-electron chi connectivity index (χ2n) is 7.92. The number of aliphatic hydroxyl groups excluding tert-OH is 1. The van der Waals surface area contributed by atoms with Crippen molar-refractivity contribution in [1.29, 1.82) is 0 Å². The Balaban J connectivity index is 2.01. The largest absolute Gasteiger partial charge is 0.508 e. The summed E-state index contributed by atoms with van der Waals surface area (Å²) in [4.78, 5) is 0.0340. The van der Waals surface area contributed by atoms with E-state index in [2.05, 4.69) is 0 Å². The topological polar surface area (TPSA) is 113 Å². The number of phenols is 2. The minimum Gasteiger partial charge on any atom is -0.508 e. The van der Waals surface area contributed by atoms with Crippen LogP contribution in [0.25, 0.3) is 0 Å². The summed E-state index contributed by atoms with van der Waals surface area (Å²) in [6, 6.07) is 15.7. The molecule has 3 aromatic carbocycles. The average Bonchev–Trinajstić information content (AvgIpc) is 3.02. The van der Waals surface area contributed by atoms with Gasteiger partial charge in [0.05, 0.1) is 19.3 Å². The Morgan fingerprint density at radius 2 is 1.53 bits per heavy atom. The van der Waals surface area contributed by atoms with Crippen LogP contribution in [0.1, 0.15) is 41.7 Å². The molecule has 0 amide bonds. The lowest BCUT2D eigenvalue weighted by molar-refractivity contribution is 0.0643. The van der Waals surface area contributed by atoms with Gasteiger partial charge in [-0.05, 0) is 55.3 Å². The second kappa shape index (κ2) is 8.22. The van der Waals surface area contributed by atoms with Gasteiger partial charge in [-0.15, -0.1) is 0 Å². The van der Waals surface area contributed by atoms with Crippen molar-refractivity contribution in [3.05, 3.63) is 88.5 Å². The lowest BCUT2D eigenvalue weighted by Gasteiger charge is -2.30. The molecule has 32 heavy (non-hydrogen) atoms. The molecule has 1 aliphatic rings. The molecule has 3 N–H and O–H groups in total. The van der Waals surface area contributed by atoms with E-state index in [4.69, 9.17) is 8.92 Å². The van der Waals surface area contributed by atoms with E-state index in [0.29, 0.717) is 22.3 Å². The molecule has 4 rings (SSSR count). The molecule has 3 aromatic rings. The van der Waals surface area contributed by atoms with Crippen LogP contribution in [0.5, 0.6) is 11.5 Å². The minimum absolute atomic E-state index is 0.0143. The van der Waals surface area contributed by atoms with E-state index in [9.17, 15) is 23.7 Å². The molecule has 0 fully saturated rings. The van der Waals surface area contributed by atoms with Crippen LogP contribution in [0.15, 0.2) is 65.6 Å². The molecule has 0 aromatic heterocycles. The molecule has 1 heterocycles. The van der Waals surface area contributed by atoms with Gasteiger partial charge in [0.1, 0.15) is 16.4 Å². The fraction of sp³-hybridized carbons (Fsp3) is 0.250. The van der Waals surface area contributed by atoms with Gasteiger partial charge in [-0.1, -0.05) is 30.3 Å². The molecule has 0 spiro atoms. The molecule has 7 nitrogen and oxygen atoms in total. The zero-order valence-electron chi connectivity index (χ0n) is 17.6. The van der Waals surface area contributed by atoms with Crippen LogP contribution in [-0.2, 0) is 37.9 Å². The molecule has 0 saturated heterocycles. The minimum atomic E-state index is -4.11. The first-order valence-electron chi connectivity index (χ1n) is 10.1. The highest BCUT2D eigenvalue weighted by molar-refractivity contribution is 7.87. The molecule has 1 unspecified atom stereocenters. The van der Waals surface area contributed by atoms with Crippen LogP contribution in [0, 0.1) is 0 Å². The van der Waals surface area contributed by atoms with Gasteiger partial charge in [0.25, 0.3) is 10.1 Å². The van der Waals surface area contributed by atoms with Crippen molar-refractivity contribution in [2.45, 2.75) is 43.7 Å². The van der Waals surface area contributed by atoms with Gasteiger partial charge >= 0.3 is 0 Å². The molecule has 1 aliphatic heterocycles. The van der Waals surface area contributed by atoms with Crippen molar-refractivity contribution < 1.29 is 32.7 Å². The standard InChI is InChI=1S/C24H24O7S/c1-15(2)30-14-17-12-19(8-10-22(17)27)24(18-7-9-21(26)16(11-18)13-25)20-5-3-4-6-23(20)32(28,29)31-24/h3-12,15,25-27H,13-14H2,1-2H3. The van der Waals surface area contributed by atoms with Crippen molar-refractivity contribution in [3.8, 4) is 11.5 Å². The number of hydrogen-bond donors (Lipinski definition) is 3. The monoisotopic (exact) mass is 456 g/mol. The number of aliphatic hydroxyl groups is 1. The van der Waals surface area contributed by atoms with Gasteiger partial charge < -0.3 is 20.1 Å². The van der Waals surface area contributed by atoms with E-state index in [1.54, 1.807) is 36.4 Å². The Morgan fingerprint density at radius 3 is 2.16 bits per heavy atom. The number of fused-ring (bicyclic) bond motifs is 1. The number of hydrogen-bond acceptors (Lipinski definition) is 7. The van der Waals surface area contributed by atoms with Crippen molar-refractivity contribution in [3.63, 3.8) is 0 Å². The maximum absolute atomic E-state index is 13.0. The predicted octanol–water partition coefficient (Wildman–Crippen LogP) is 3.53. The van der Waals surface area contributed by atoms with Gasteiger partial charge in [0.15, 0.2) is 5.60 Å². The van der Waals surface area contributed by atoms with Crippen molar-refractivity contribution in [1.82, 2.24) is 0 Å². The molecule has 0 aliphatic carbocycles. The first-order valence-corrected chi connectivity index (χ1v) is 11.5. The van der Waals surface area contributed by atoms with Crippen LogP contribution in [-0.4, -0.2) is 29.8 Å². The summed E-state index contributed by atoms with van der Waals surface area (Å²) in [6.45, 7) is 3.43.